The molecule has 0 amide bonds. The van der Waals surface area contributed by atoms with Crippen molar-refractivity contribution in [2.45, 2.75) is 51.6 Å². The molecule has 1 fully saturated rings. The molecule has 0 unspecified atom stereocenters. The van der Waals surface area contributed by atoms with Gasteiger partial charge in [0.05, 0.1) is 6.61 Å². The van der Waals surface area contributed by atoms with Gasteiger partial charge in [-0.25, -0.2) is 5.53 Å². The molecule has 9 heteroatoms. The Morgan fingerprint density at radius 3 is 2.38 bits per heavy atom. The van der Waals surface area contributed by atoms with Crippen molar-refractivity contribution in [1.82, 2.24) is 11.0 Å². The number of alkyl halides is 3. The summed E-state index contributed by atoms with van der Waals surface area (Å²) < 4.78 is 52.8. The van der Waals surface area contributed by atoms with E-state index in [1.54, 1.807) is 30.3 Å². The fourth-order valence-electron chi connectivity index (χ4n) is 4.13. The van der Waals surface area contributed by atoms with Crippen LogP contribution in [-0.4, -0.2) is 23.6 Å². The molecule has 0 radical (unpaired) electrons. The zero-order valence-electron chi connectivity index (χ0n) is 18.9. The standard InChI is InChI=1S/C25H28F3N3O3/c1-2-16-8-10-18(11-9-16)34-23-22(29-31-30-24(23)25(26,27)28)20-13-12-19(14-21(20)32)33-15-17-6-4-3-5-7-17/h8-14,17,30-32H,2-7,15H2,1H3. The quantitative estimate of drug-likeness (QED) is 0.488. The van der Waals surface area contributed by atoms with Crippen molar-refractivity contribution in [2.24, 2.45) is 11.0 Å². The second-order valence-corrected chi connectivity index (χ2v) is 8.49. The van der Waals surface area contributed by atoms with Gasteiger partial charge in [0.2, 0.25) is 0 Å². The zero-order valence-corrected chi connectivity index (χ0v) is 18.9. The lowest BCUT2D eigenvalue weighted by Gasteiger charge is -2.25. The Hall–Kier alpha value is -3.36. The third kappa shape index (κ3) is 5.58. The highest BCUT2D eigenvalue weighted by molar-refractivity contribution is 6.14. The van der Waals surface area contributed by atoms with E-state index in [4.69, 9.17) is 9.47 Å². The van der Waals surface area contributed by atoms with Gasteiger partial charge in [0.25, 0.3) is 0 Å². The van der Waals surface area contributed by atoms with Crippen LogP contribution in [0.2, 0.25) is 0 Å². The van der Waals surface area contributed by atoms with Crippen molar-refractivity contribution < 1.29 is 27.8 Å². The van der Waals surface area contributed by atoms with E-state index in [-0.39, 0.29) is 22.8 Å². The summed E-state index contributed by atoms with van der Waals surface area (Å²) in [4.78, 5) is 0. The second kappa shape index (κ2) is 10.3. The number of aromatic hydroxyl groups is 1. The summed E-state index contributed by atoms with van der Waals surface area (Å²) in [6.45, 7) is 2.53. The van der Waals surface area contributed by atoms with Gasteiger partial charge in [0.15, 0.2) is 11.5 Å². The first-order chi connectivity index (χ1) is 16.3. The topological polar surface area (TPSA) is 75.1 Å². The number of hydrogen-bond acceptors (Lipinski definition) is 6. The first-order valence-electron chi connectivity index (χ1n) is 11.5. The number of phenolic OH excluding ortho intramolecular Hbond substituents is 1. The van der Waals surface area contributed by atoms with Gasteiger partial charge >= 0.3 is 6.18 Å². The van der Waals surface area contributed by atoms with Crippen LogP contribution in [-0.2, 0) is 6.42 Å². The Morgan fingerprint density at radius 2 is 1.74 bits per heavy atom. The average molecular weight is 476 g/mol. The van der Waals surface area contributed by atoms with Gasteiger partial charge in [0, 0.05) is 11.6 Å². The van der Waals surface area contributed by atoms with Gasteiger partial charge in [-0.3, -0.25) is 5.43 Å². The summed E-state index contributed by atoms with van der Waals surface area (Å²) >= 11 is 0. The third-order valence-electron chi connectivity index (χ3n) is 6.06. The summed E-state index contributed by atoms with van der Waals surface area (Å²) in [5.74, 6) is 0.350. The lowest BCUT2D eigenvalue weighted by atomic mass is 9.90. The number of rotatable bonds is 7. The molecule has 1 aliphatic heterocycles. The van der Waals surface area contributed by atoms with Crippen LogP contribution in [0.1, 0.15) is 50.2 Å². The van der Waals surface area contributed by atoms with E-state index in [9.17, 15) is 18.3 Å². The number of benzene rings is 2. The fraction of sp³-hybridized carbons (Fsp3) is 0.400. The number of allylic oxidation sites excluding steroid dienone is 2. The number of phenols is 1. The van der Waals surface area contributed by atoms with Crippen LogP contribution < -0.4 is 20.4 Å². The number of halogens is 3. The predicted octanol–water partition coefficient (Wildman–Crippen LogP) is 5.58. The van der Waals surface area contributed by atoms with E-state index in [1.807, 2.05) is 12.3 Å². The summed E-state index contributed by atoms with van der Waals surface area (Å²) in [6, 6.07) is 11.2. The second-order valence-electron chi connectivity index (χ2n) is 8.49. The van der Waals surface area contributed by atoms with Crippen LogP contribution in [0.4, 0.5) is 13.2 Å². The molecule has 4 rings (SSSR count). The van der Waals surface area contributed by atoms with Crippen molar-refractivity contribution in [3.05, 3.63) is 65.0 Å². The Bertz CT molecular complexity index is 1060. The molecule has 1 heterocycles. The predicted molar refractivity (Wildman–Crippen MR) is 123 cm³/mol. The van der Waals surface area contributed by atoms with Gasteiger partial charge in [-0.2, -0.15) is 18.3 Å². The Labute approximate surface area is 196 Å². The molecule has 6 nitrogen and oxygen atoms in total. The Morgan fingerprint density at radius 1 is 1.03 bits per heavy atom. The van der Waals surface area contributed by atoms with Crippen LogP contribution in [0.3, 0.4) is 0 Å². The maximum Gasteiger partial charge on any atom is 0.436 e. The molecule has 2 aliphatic rings. The molecule has 1 saturated carbocycles. The largest absolute Gasteiger partial charge is 0.507 e. The molecular formula is C25H28F3N3O3. The molecule has 0 atom stereocenters. The zero-order chi connectivity index (χ0) is 24.1. The number of nitrogens with zero attached hydrogens (tertiary/aromatic N) is 1. The van der Waals surface area contributed by atoms with Crippen molar-refractivity contribution >= 4 is 5.71 Å². The lowest BCUT2D eigenvalue weighted by Crippen LogP contribution is -2.42. The maximum atomic E-state index is 13.8. The molecule has 0 aromatic heterocycles. The van der Waals surface area contributed by atoms with Crippen molar-refractivity contribution in [3.63, 3.8) is 0 Å². The molecule has 0 spiro atoms. The molecule has 34 heavy (non-hydrogen) atoms. The van der Waals surface area contributed by atoms with Gasteiger partial charge in [-0.05, 0) is 55.0 Å². The number of hydrazone groups is 1. The number of hydrazine groups is 1. The van der Waals surface area contributed by atoms with E-state index < -0.39 is 17.6 Å². The number of hydrogen-bond donors (Lipinski definition) is 3. The van der Waals surface area contributed by atoms with E-state index in [0.717, 1.165) is 24.8 Å². The SMILES string of the molecule is CCc1ccc(OC2=C(C(F)(F)F)NNN=C2c2ccc(OCC3CCCCC3)cc2O)cc1. The summed E-state index contributed by atoms with van der Waals surface area (Å²) in [5.41, 5.74) is 3.98. The fourth-order valence-corrected chi connectivity index (χ4v) is 4.13. The Balaban J connectivity index is 1.59. The molecule has 2 aromatic rings. The highest BCUT2D eigenvalue weighted by atomic mass is 19.4. The van der Waals surface area contributed by atoms with Crippen LogP contribution in [0.15, 0.2) is 59.0 Å². The monoisotopic (exact) mass is 475 g/mol. The van der Waals surface area contributed by atoms with E-state index in [0.29, 0.717) is 18.3 Å². The minimum atomic E-state index is -4.74. The number of nitrogens with one attached hydrogen (secondary N) is 2. The van der Waals surface area contributed by atoms with Gasteiger partial charge in [-0.15, -0.1) is 0 Å². The normalized spacial score (nSPS) is 17.0. The first-order valence-corrected chi connectivity index (χ1v) is 11.5. The van der Waals surface area contributed by atoms with Gasteiger partial charge in [0.1, 0.15) is 23.0 Å². The van der Waals surface area contributed by atoms with E-state index >= 15 is 0 Å². The molecule has 2 aromatic carbocycles. The van der Waals surface area contributed by atoms with Crippen LogP contribution >= 0.6 is 0 Å². The highest BCUT2D eigenvalue weighted by Gasteiger charge is 2.42. The summed E-state index contributed by atoms with van der Waals surface area (Å²) in [7, 11) is 0. The molecule has 1 aliphatic carbocycles. The molecular weight excluding hydrogens is 447 g/mol. The third-order valence-corrected chi connectivity index (χ3v) is 6.06. The highest BCUT2D eigenvalue weighted by Crippen LogP contribution is 2.34. The summed E-state index contributed by atoms with van der Waals surface area (Å²) in [6.07, 6.45) is 1.91. The number of ether oxygens (including phenoxy) is 2. The van der Waals surface area contributed by atoms with Crippen molar-refractivity contribution in [3.8, 4) is 17.2 Å². The minimum Gasteiger partial charge on any atom is -0.507 e. The van der Waals surface area contributed by atoms with Gasteiger partial charge < -0.3 is 14.6 Å². The van der Waals surface area contributed by atoms with Crippen molar-refractivity contribution in [2.75, 3.05) is 6.61 Å². The van der Waals surface area contributed by atoms with Crippen molar-refractivity contribution in [1.29, 1.82) is 0 Å². The van der Waals surface area contributed by atoms with Crippen LogP contribution in [0.5, 0.6) is 17.2 Å². The average Bonchev–Trinajstić information content (AvgIpc) is 2.83. The first kappa shape index (κ1) is 23.8. The lowest BCUT2D eigenvalue weighted by molar-refractivity contribution is -0.101. The molecule has 3 N–H and O–H groups in total. The van der Waals surface area contributed by atoms with E-state index in [2.05, 4.69) is 10.6 Å². The van der Waals surface area contributed by atoms with Crippen LogP contribution in [0.25, 0.3) is 0 Å². The minimum absolute atomic E-state index is 0.0842. The van der Waals surface area contributed by atoms with E-state index in [1.165, 1.54) is 31.4 Å². The molecule has 0 bridgehead atoms. The molecule has 182 valence electrons. The number of aryl methyl sites for hydroxylation is 1. The summed E-state index contributed by atoms with van der Waals surface area (Å²) in [5, 5.41) is 14.6. The maximum absolute atomic E-state index is 13.8. The smallest absolute Gasteiger partial charge is 0.436 e. The Kier molecular flexibility index (Phi) is 7.19. The molecule has 0 saturated heterocycles. The van der Waals surface area contributed by atoms with Crippen LogP contribution in [0, 0.1) is 5.92 Å². The van der Waals surface area contributed by atoms with Gasteiger partial charge in [-0.1, -0.05) is 38.3 Å².